The van der Waals surface area contributed by atoms with Crippen LogP contribution in [0.3, 0.4) is 0 Å². The molecule has 2 atom stereocenters. The van der Waals surface area contributed by atoms with Gasteiger partial charge in [-0.3, -0.25) is 10.1 Å². The predicted octanol–water partition coefficient (Wildman–Crippen LogP) is 3.90. The van der Waals surface area contributed by atoms with Crippen LogP contribution < -0.4 is 5.32 Å². The average molecular weight is 430 g/mol. The maximum atomic E-state index is 13.4. The van der Waals surface area contributed by atoms with Crippen molar-refractivity contribution in [2.24, 2.45) is 0 Å². The fourth-order valence-electron chi connectivity index (χ4n) is 3.27. The van der Waals surface area contributed by atoms with Crippen molar-refractivity contribution in [2.75, 3.05) is 31.6 Å². The van der Waals surface area contributed by atoms with E-state index in [-0.39, 0.29) is 17.6 Å². The number of nitrogens with zero attached hydrogens (tertiary/aromatic N) is 2. The number of anilines is 1. The molecule has 0 aliphatic carbocycles. The van der Waals surface area contributed by atoms with Gasteiger partial charge >= 0.3 is 0 Å². The molecule has 2 saturated heterocycles. The van der Waals surface area contributed by atoms with Gasteiger partial charge in [0.25, 0.3) is 0 Å². The van der Waals surface area contributed by atoms with Crippen LogP contribution in [0, 0.1) is 0 Å². The second-order valence-electron chi connectivity index (χ2n) is 8.90. The van der Waals surface area contributed by atoms with Crippen LogP contribution in [0.4, 0.5) is 10.3 Å². The highest BCUT2D eigenvalue weighted by atomic mass is 32.2. The Kier molecular flexibility index (Phi) is 7.24. The first-order valence-corrected chi connectivity index (χ1v) is 11.0. The van der Waals surface area contributed by atoms with Gasteiger partial charge in [-0.15, -0.1) is 0 Å². The van der Waals surface area contributed by atoms with Crippen molar-refractivity contribution in [3.8, 4) is 0 Å². The maximum absolute atomic E-state index is 13.4. The molecule has 2 fully saturated rings. The second-order valence-corrected chi connectivity index (χ2v) is 10.6. The van der Waals surface area contributed by atoms with Crippen LogP contribution >= 0.6 is 11.9 Å². The Morgan fingerprint density at radius 2 is 2.17 bits per heavy atom. The molecule has 2 unspecified atom stereocenters. The fraction of sp³-hybridized carbons (Fsp3) is 0.800. The molecule has 1 amide bonds. The van der Waals surface area contributed by atoms with E-state index in [1.54, 1.807) is 6.07 Å². The Morgan fingerprint density at radius 1 is 1.38 bits per heavy atom. The van der Waals surface area contributed by atoms with Gasteiger partial charge in [-0.05, 0) is 39.5 Å². The Bertz CT molecular complexity index is 691. The normalized spacial score (nSPS) is 24.0. The molecule has 164 valence electrons. The summed E-state index contributed by atoms with van der Waals surface area (Å²) in [5.41, 5.74) is 0.317. The zero-order valence-corrected chi connectivity index (χ0v) is 18.5. The molecule has 29 heavy (non-hydrogen) atoms. The van der Waals surface area contributed by atoms with Gasteiger partial charge < -0.3 is 14.0 Å². The van der Waals surface area contributed by atoms with Crippen LogP contribution in [0.1, 0.15) is 59.1 Å². The van der Waals surface area contributed by atoms with E-state index in [0.717, 1.165) is 25.9 Å². The predicted molar refractivity (Wildman–Crippen MR) is 110 cm³/mol. The van der Waals surface area contributed by atoms with Crippen LogP contribution in [0.25, 0.3) is 0 Å². The van der Waals surface area contributed by atoms with Gasteiger partial charge in [-0.2, -0.15) is 0 Å². The van der Waals surface area contributed by atoms with Gasteiger partial charge in [0.1, 0.15) is 10.9 Å². The second kappa shape index (κ2) is 9.32. The summed E-state index contributed by atoms with van der Waals surface area (Å²) in [5.74, 6) is 0.0858. The third kappa shape index (κ3) is 6.16. The number of ether oxygens (including phenoxy) is 2. The number of alkyl halides is 1. The van der Waals surface area contributed by atoms with Crippen molar-refractivity contribution < 1.29 is 23.2 Å². The van der Waals surface area contributed by atoms with Gasteiger partial charge in [-0.1, -0.05) is 31.0 Å². The van der Waals surface area contributed by atoms with E-state index in [9.17, 15) is 9.18 Å². The van der Waals surface area contributed by atoms with Gasteiger partial charge in [0.2, 0.25) is 11.8 Å². The van der Waals surface area contributed by atoms with Crippen LogP contribution in [-0.2, 0) is 19.7 Å². The Hall–Kier alpha value is -1.16. The Balaban J connectivity index is 1.53. The molecule has 1 aromatic rings. The fourth-order valence-corrected chi connectivity index (χ4v) is 4.48. The highest BCUT2D eigenvalue weighted by molar-refractivity contribution is 7.99. The minimum Gasteiger partial charge on any atom is -0.353 e. The summed E-state index contributed by atoms with van der Waals surface area (Å²) in [6.45, 7) is 9.84. The molecular formula is C20H32FN3O4S. The molecule has 0 bridgehead atoms. The van der Waals surface area contributed by atoms with Crippen molar-refractivity contribution in [3.63, 3.8) is 0 Å². The molecule has 1 aromatic heterocycles. The number of aromatic nitrogens is 1. The maximum Gasteiger partial charge on any atom is 0.243 e. The van der Waals surface area contributed by atoms with Crippen molar-refractivity contribution in [2.45, 2.75) is 76.0 Å². The van der Waals surface area contributed by atoms with Crippen LogP contribution in [0.2, 0.25) is 0 Å². The Labute approximate surface area is 176 Å². The highest BCUT2D eigenvalue weighted by Gasteiger charge is 2.35. The van der Waals surface area contributed by atoms with E-state index < -0.39 is 10.9 Å². The van der Waals surface area contributed by atoms with E-state index in [1.165, 1.54) is 11.9 Å². The van der Waals surface area contributed by atoms with E-state index in [0.29, 0.717) is 37.7 Å². The minimum absolute atomic E-state index is 0.165. The minimum atomic E-state index is -0.818. The van der Waals surface area contributed by atoms with Crippen LogP contribution in [0.15, 0.2) is 10.6 Å². The SMILES string of the molecule is CC(C)(SN1CCC(F)C1)C(=O)Nc1cc(C(C)(C)COC2CCCCO2)no1. The number of amides is 1. The summed E-state index contributed by atoms with van der Waals surface area (Å²) in [6.07, 6.45) is 2.63. The molecular weight excluding hydrogens is 397 g/mol. The molecule has 0 spiro atoms. The first kappa shape index (κ1) is 22.5. The summed E-state index contributed by atoms with van der Waals surface area (Å²) >= 11 is 1.36. The highest BCUT2D eigenvalue weighted by Crippen LogP contribution is 2.33. The van der Waals surface area contributed by atoms with Crippen molar-refractivity contribution in [3.05, 3.63) is 11.8 Å². The molecule has 0 aromatic carbocycles. The quantitative estimate of drug-likeness (QED) is 0.628. The first-order chi connectivity index (χ1) is 13.7. The lowest BCUT2D eigenvalue weighted by atomic mass is 9.90. The lowest BCUT2D eigenvalue weighted by Gasteiger charge is -2.28. The molecule has 3 heterocycles. The number of carbonyl (C=O) groups is 1. The summed E-state index contributed by atoms with van der Waals surface area (Å²) in [7, 11) is 0. The smallest absolute Gasteiger partial charge is 0.243 e. The zero-order chi connectivity index (χ0) is 21.1. The summed E-state index contributed by atoms with van der Waals surface area (Å²) in [6, 6.07) is 1.73. The largest absolute Gasteiger partial charge is 0.353 e. The van der Waals surface area contributed by atoms with E-state index >= 15 is 0 Å². The number of rotatable bonds is 8. The van der Waals surface area contributed by atoms with Crippen LogP contribution in [0.5, 0.6) is 0 Å². The average Bonchev–Trinajstić information content (AvgIpc) is 3.30. The van der Waals surface area contributed by atoms with Crippen molar-refractivity contribution in [1.29, 1.82) is 0 Å². The van der Waals surface area contributed by atoms with Crippen LogP contribution in [-0.4, -0.2) is 58.9 Å². The van der Waals surface area contributed by atoms with Gasteiger partial charge in [0.05, 0.1) is 12.3 Å². The topological polar surface area (TPSA) is 76.8 Å². The number of carbonyl (C=O) groups excluding carboxylic acids is 1. The lowest BCUT2D eigenvalue weighted by molar-refractivity contribution is -0.170. The third-order valence-electron chi connectivity index (χ3n) is 5.21. The number of nitrogens with one attached hydrogen (secondary N) is 1. The molecule has 0 radical (unpaired) electrons. The molecule has 0 saturated carbocycles. The molecule has 2 aliphatic heterocycles. The van der Waals surface area contributed by atoms with Crippen molar-refractivity contribution >= 4 is 23.7 Å². The third-order valence-corrected chi connectivity index (χ3v) is 6.44. The number of halogens is 1. The summed E-state index contributed by atoms with van der Waals surface area (Å²) in [4.78, 5) is 12.7. The van der Waals surface area contributed by atoms with Gasteiger partial charge in [0, 0.05) is 31.2 Å². The molecule has 7 nitrogen and oxygen atoms in total. The molecule has 3 rings (SSSR count). The zero-order valence-electron chi connectivity index (χ0n) is 17.7. The van der Waals surface area contributed by atoms with E-state index in [4.69, 9.17) is 14.0 Å². The molecule has 2 aliphatic rings. The van der Waals surface area contributed by atoms with E-state index in [2.05, 4.69) is 10.5 Å². The standard InChI is InChI=1S/C20H32FN3O4S/c1-19(2,13-27-17-7-5-6-10-26-17)15-11-16(28-23-15)22-18(25)20(3,4)29-24-9-8-14(21)12-24/h11,14,17H,5-10,12-13H2,1-4H3,(H,22,25). The number of hydrogen-bond donors (Lipinski definition) is 1. The monoisotopic (exact) mass is 429 g/mol. The van der Waals surface area contributed by atoms with E-state index in [1.807, 2.05) is 32.0 Å². The van der Waals surface area contributed by atoms with Crippen molar-refractivity contribution in [1.82, 2.24) is 9.46 Å². The molecule has 9 heteroatoms. The van der Waals surface area contributed by atoms with Gasteiger partial charge in [0.15, 0.2) is 6.29 Å². The lowest BCUT2D eigenvalue weighted by Crippen LogP contribution is -2.37. The summed E-state index contributed by atoms with van der Waals surface area (Å²) < 4.78 is 31.4. The summed E-state index contributed by atoms with van der Waals surface area (Å²) in [5, 5.41) is 6.91. The Morgan fingerprint density at radius 3 is 2.83 bits per heavy atom. The molecule has 1 N–H and O–H groups in total. The first-order valence-electron chi connectivity index (χ1n) is 10.3. The number of hydrogen-bond acceptors (Lipinski definition) is 7. The van der Waals surface area contributed by atoms with Gasteiger partial charge in [-0.25, -0.2) is 8.70 Å².